The van der Waals surface area contributed by atoms with Gasteiger partial charge in [0.25, 0.3) is 5.91 Å². The molecule has 120 valence electrons. The Morgan fingerprint density at radius 3 is 2.77 bits per heavy atom. The van der Waals surface area contributed by atoms with Crippen molar-refractivity contribution in [3.05, 3.63) is 17.5 Å². The number of nitrogens with one attached hydrogen (secondary N) is 1. The third kappa shape index (κ3) is 3.52. The van der Waals surface area contributed by atoms with Crippen LogP contribution in [0.5, 0.6) is 0 Å². The fraction of sp³-hybridized carbons (Fsp3) is 0.600. The Labute approximate surface area is 130 Å². The van der Waals surface area contributed by atoms with Gasteiger partial charge < -0.3 is 15.1 Å². The Balaban J connectivity index is 2.05. The molecular weight excluding hydrogens is 282 g/mol. The molecule has 22 heavy (non-hydrogen) atoms. The highest BCUT2D eigenvalue weighted by molar-refractivity contribution is 5.95. The molecule has 0 aromatic carbocycles. The van der Waals surface area contributed by atoms with E-state index < -0.39 is 0 Å². The highest BCUT2D eigenvalue weighted by Crippen LogP contribution is 2.22. The van der Waals surface area contributed by atoms with Crippen molar-refractivity contribution in [3.8, 4) is 0 Å². The molecule has 0 spiro atoms. The number of aromatic nitrogens is 2. The normalized spacial score (nSPS) is 17.5. The lowest BCUT2D eigenvalue weighted by Gasteiger charge is -2.18. The Kier molecular flexibility index (Phi) is 4.95. The molecule has 2 amide bonds. The molecule has 0 bridgehead atoms. The second-order valence-corrected chi connectivity index (χ2v) is 5.85. The van der Waals surface area contributed by atoms with E-state index in [-0.39, 0.29) is 17.7 Å². The van der Waals surface area contributed by atoms with E-state index in [1.54, 1.807) is 23.0 Å². The lowest BCUT2D eigenvalue weighted by Crippen LogP contribution is -2.30. The quantitative estimate of drug-likeness (QED) is 0.874. The first-order chi connectivity index (χ1) is 10.4. The number of likely N-dealkylation sites (tertiary alicyclic amines) is 1. The van der Waals surface area contributed by atoms with Crippen LogP contribution in [0.25, 0.3) is 0 Å². The van der Waals surface area contributed by atoms with E-state index in [1.807, 2.05) is 21.0 Å². The van der Waals surface area contributed by atoms with Crippen molar-refractivity contribution in [2.24, 2.45) is 5.92 Å². The van der Waals surface area contributed by atoms with Crippen LogP contribution in [0.1, 0.15) is 28.9 Å². The van der Waals surface area contributed by atoms with Crippen molar-refractivity contribution < 1.29 is 9.59 Å². The maximum atomic E-state index is 12.6. The van der Waals surface area contributed by atoms with E-state index in [1.165, 1.54) is 0 Å². The summed E-state index contributed by atoms with van der Waals surface area (Å²) in [6.07, 6.45) is 2.91. The predicted octanol–water partition coefficient (Wildman–Crippen LogP) is 0.449. The maximum absolute atomic E-state index is 12.6. The molecule has 7 nitrogen and oxygen atoms in total. The SMILES string of the molecule is CNC(=O)C[C@H]1CCN(C(=O)c2cnc(N(C)C)nc2C)C1. The molecule has 1 N–H and O–H groups in total. The lowest BCUT2D eigenvalue weighted by atomic mass is 10.0. The average Bonchev–Trinajstić information content (AvgIpc) is 2.94. The Hall–Kier alpha value is -2.18. The fourth-order valence-corrected chi connectivity index (χ4v) is 2.60. The third-order valence-electron chi connectivity index (χ3n) is 3.92. The summed E-state index contributed by atoms with van der Waals surface area (Å²) in [4.78, 5) is 36.2. The second kappa shape index (κ2) is 6.72. The molecule has 0 unspecified atom stereocenters. The zero-order chi connectivity index (χ0) is 16.3. The maximum Gasteiger partial charge on any atom is 0.257 e. The molecule has 2 rings (SSSR count). The summed E-state index contributed by atoms with van der Waals surface area (Å²) in [7, 11) is 5.35. The first-order valence-electron chi connectivity index (χ1n) is 7.43. The molecule has 1 aliphatic rings. The summed E-state index contributed by atoms with van der Waals surface area (Å²) in [5.74, 6) is 0.787. The van der Waals surface area contributed by atoms with Crippen LogP contribution >= 0.6 is 0 Å². The van der Waals surface area contributed by atoms with E-state index in [9.17, 15) is 9.59 Å². The van der Waals surface area contributed by atoms with Gasteiger partial charge in [0.1, 0.15) is 0 Å². The highest BCUT2D eigenvalue weighted by atomic mass is 16.2. The van der Waals surface area contributed by atoms with Gasteiger partial charge in [-0.15, -0.1) is 0 Å². The minimum atomic E-state index is -0.0535. The number of aryl methyl sites for hydroxylation is 1. The van der Waals surface area contributed by atoms with Crippen molar-refractivity contribution in [3.63, 3.8) is 0 Å². The van der Waals surface area contributed by atoms with Gasteiger partial charge in [-0.1, -0.05) is 0 Å². The Morgan fingerprint density at radius 1 is 1.45 bits per heavy atom. The van der Waals surface area contributed by atoms with Crippen LogP contribution in [-0.4, -0.2) is 60.9 Å². The van der Waals surface area contributed by atoms with Crippen LogP contribution < -0.4 is 10.2 Å². The van der Waals surface area contributed by atoms with Crippen molar-refractivity contribution in [1.29, 1.82) is 0 Å². The minimum Gasteiger partial charge on any atom is -0.359 e. The molecule has 2 heterocycles. The number of hydrogen-bond acceptors (Lipinski definition) is 5. The topological polar surface area (TPSA) is 78.4 Å². The minimum absolute atomic E-state index is 0.0224. The lowest BCUT2D eigenvalue weighted by molar-refractivity contribution is -0.121. The van der Waals surface area contributed by atoms with Gasteiger partial charge in [0.2, 0.25) is 11.9 Å². The van der Waals surface area contributed by atoms with Crippen LogP contribution in [0, 0.1) is 12.8 Å². The number of nitrogens with zero attached hydrogens (tertiary/aromatic N) is 4. The van der Waals surface area contributed by atoms with Gasteiger partial charge in [-0.2, -0.15) is 0 Å². The van der Waals surface area contributed by atoms with E-state index in [0.717, 1.165) is 6.42 Å². The summed E-state index contributed by atoms with van der Waals surface area (Å²) >= 11 is 0. The van der Waals surface area contributed by atoms with Crippen molar-refractivity contribution in [2.45, 2.75) is 19.8 Å². The summed E-state index contributed by atoms with van der Waals surface area (Å²) in [5.41, 5.74) is 1.21. The molecule has 1 atom stereocenters. The van der Waals surface area contributed by atoms with Crippen LogP contribution in [0.15, 0.2) is 6.20 Å². The van der Waals surface area contributed by atoms with Crippen LogP contribution in [0.4, 0.5) is 5.95 Å². The number of carbonyl (C=O) groups excluding carboxylic acids is 2. The third-order valence-corrected chi connectivity index (χ3v) is 3.92. The molecule has 0 saturated carbocycles. The molecular formula is C15H23N5O2. The number of rotatable bonds is 4. The van der Waals surface area contributed by atoms with Gasteiger partial charge in [-0.05, 0) is 19.3 Å². The summed E-state index contributed by atoms with van der Waals surface area (Å²) in [6, 6.07) is 0. The summed E-state index contributed by atoms with van der Waals surface area (Å²) in [5, 5.41) is 2.63. The first-order valence-corrected chi connectivity index (χ1v) is 7.43. The second-order valence-electron chi connectivity index (χ2n) is 5.85. The molecule has 0 radical (unpaired) electrons. The largest absolute Gasteiger partial charge is 0.359 e. The Morgan fingerprint density at radius 2 is 2.18 bits per heavy atom. The van der Waals surface area contributed by atoms with Crippen LogP contribution in [0.3, 0.4) is 0 Å². The van der Waals surface area contributed by atoms with Gasteiger partial charge in [0.15, 0.2) is 0 Å². The van der Waals surface area contributed by atoms with E-state index in [0.29, 0.717) is 36.7 Å². The molecule has 1 fully saturated rings. The summed E-state index contributed by atoms with van der Waals surface area (Å²) < 4.78 is 0. The van der Waals surface area contributed by atoms with E-state index in [2.05, 4.69) is 15.3 Å². The zero-order valence-electron chi connectivity index (χ0n) is 13.6. The van der Waals surface area contributed by atoms with Gasteiger partial charge >= 0.3 is 0 Å². The zero-order valence-corrected chi connectivity index (χ0v) is 13.6. The van der Waals surface area contributed by atoms with E-state index >= 15 is 0 Å². The Bertz CT molecular complexity index is 573. The smallest absolute Gasteiger partial charge is 0.257 e. The van der Waals surface area contributed by atoms with Gasteiger partial charge in [0.05, 0.1) is 11.3 Å². The first kappa shape index (κ1) is 16.2. The van der Waals surface area contributed by atoms with Crippen molar-refractivity contribution >= 4 is 17.8 Å². The highest BCUT2D eigenvalue weighted by Gasteiger charge is 2.29. The number of amides is 2. The van der Waals surface area contributed by atoms with E-state index in [4.69, 9.17) is 0 Å². The predicted molar refractivity (Wildman–Crippen MR) is 83.8 cm³/mol. The average molecular weight is 305 g/mol. The molecule has 1 aromatic rings. The van der Waals surface area contributed by atoms with Crippen LogP contribution in [0.2, 0.25) is 0 Å². The molecule has 1 saturated heterocycles. The number of carbonyl (C=O) groups is 2. The van der Waals surface area contributed by atoms with Gasteiger partial charge in [-0.25, -0.2) is 9.97 Å². The van der Waals surface area contributed by atoms with Crippen molar-refractivity contribution in [1.82, 2.24) is 20.2 Å². The van der Waals surface area contributed by atoms with Gasteiger partial charge in [0, 0.05) is 46.9 Å². The van der Waals surface area contributed by atoms with Crippen LogP contribution in [-0.2, 0) is 4.79 Å². The monoisotopic (exact) mass is 305 g/mol. The molecule has 7 heteroatoms. The number of anilines is 1. The summed E-state index contributed by atoms with van der Waals surface area (Å²) in [6.45, 7) is 3.11. The molecule has 1 aromatic heterocycles. The fourth-order valence-electron chi connectivity index (χ4n) is 2.60. The molecule has 0 aliphatic carbocycles. The molecule has 1 aliphatic heterocycles. The van der Waals surface area contributed by atoms with Gasteiger partial charge in [-0.3, -0.25) is 9.59 Å². The number of hydrogen-bond donors (Lipinski definition) is 1. The standard InChI is InChI=1S/C15H23N5O2/c1-10-12(8-17-15(18-10)19(3)4)14(22)20-6-5-11(9-20)7-13(21)16-2/h8,11H,5-7,9H2,1-4H3,(H,16,21)/t11-/m1/s1. The van der Waals surface area contributed by atoms with Crippen molar-refractivity contribution in [2.75, 3.05) is 39.1 Å².